The average molecular weight is 480 g/mol. The summed E-state index contributed by atoms with van der Waals surface area (Å²) < 4.78 is 6.97. The molecule has 0 amide bonds. The predicted molar refractivity (Wildman–Crippen MR) is 139 cm³/mol. The molecule has 0 radical (unpaired) electrons. The van der Waals surface area contributed by atoms with E-state index in [4.69, 9.17) is 4.74 Å². The van der Waals surface area contributed by atoms with E-state index < -0.39 is 5.97 Å². The summed E-state index contributed by atoms with van der Waals surface area (Å²) in [7, 11) is 0. The molecule has 2 aromatic rings. The second-order valence-corrected chi connectivity index (χ2v) is 11.3. The number of benzene rings is 1. The van der Waals surface area contributed by atoms with Crippen molar-refractivity contribution in [2.24, 2.45) is 11.8 Å². The number of aromatic nitrogens is 2. The molecule has 6 heteroatoms. The number of fused-ring (bicyclic) bond motifs is 3. The summed E-state index contributed by atoms with van der Waals surface area (Å²) in [6, 6.07) is 9.33. The van der Waals surface area contributed by atoms with E-state index >= 15 is 0 Å². The number of hydrogen-bond acceptors (Lipinski definition) is 5. The maximum Gasteiger partial charge on any atom is 0.362 e. The zero-order valence-corrected chi connectivity index (χ0v) is 21.6. The fraction of sp³-hybridized carbons (Fsp3) is 0.690. The van der Waals surface area contributed by atoms with Gasteiger partial charge >= 0.3 is 5.97 Å². The quantitative estimate of drug-likeness (QED) is 0.495. The van der Waals surface area contributed by atoms with Crippen LogP contribution >= 0.6 is 0 Å². The maximum absolute atomic E-state index is 13.5. The Morgan fingerprint density at radius 3 is 2.54 bits per heavy atom. The molecule has 1 aromatic carbocycles. The van der Waals surface area contributed by atoms with Crippen molar-refractivity contribution < 1.29 is 9.53 Å². The van der Waals surface area contributed by atoms with Crippen molar-refractivity contribution in [3.05, 3.63) is 40.3 Å². The Morgan fingerprint density at radius 1 is 1.09 bits per heavy atom. The van der Waals surface area contributed by atoms with Crippen molar-refractivity contribution in [2.75, 3.05) is 6.61 Å². The highest BCUT2D eigenvalue weighted by Gasteiger charge is 2.40. The Morgan fingerprint density at radius 2 is 1.80 bits per heavy atom. The topological polar surface area (TPSA) is 64.4 Å². The largest absolute Gasteiger partial charge is 0.461 e. The normalized spacial score (nSPS) is 30.2. The van der Waals surface area contributed by atoms with Crippen molar-refractivity contribution in [1.29, 1.82) is 0 Å². The van der Waals surface area contributed by atoms with Gasteiger partial charge in [0.1, 0.15) is 0 Å². The van der Waals surface area contributed by atoms with E-state index in [0.717, 1.165) is 23.8 Å². The molecule has 190 valence electrons. The molecule has 2 aliphatic carbocycles. The van der Waals surface area contributed by atoms with Crippen LogP contribution in [0.25, 0.3) is 11.0 Å². The van der Waals surface area contributed by atoms with E-state index in [-0.39, 0.29) is 23.9 Å². The van der Waals surface area contributed by atoms with Crippen LogP contribution in [-0.4, -0.2) is 45.2 Å². The molecule has 3 fully saturated rings. The molecule has 35 heavy (non-hydrogen) atoms. The van der Waals surface area contributed by atoms with E-state index in [9.17, 15) is 9.59 Å². The van der Waals surface area contributed by atoms with Gasteiger partial charge in [-0.2, -0.15) is 0 Å². The van der Waals surface area contributed by atoms with Gasteiger partial charge in [-0.15, -0.1) is 0 Å². The first-order valence-electron chi connectivity index (χ1n) is 13.9. The van der Waals surface area contributed by atoms with E-state index in [1.54, 1.807) is 6.92 Å². The van der Waals surface area contributed by atoms with Crippen molar-refractivity contribution in [2.45, 2.75) is 109 Å². The summed E-state index contributed by atoms with van der Waals surface area (Å²) in [5, 5.41) is 0. The lowest BCUT2D eigenvalue weighted by Crippen LogP contribution is -2.54. The summed E-state index contributed by atoms with van der Waals surface area (Å²) >= 11 is 0. The minimum absolute atomic E-state index is 0.0375. The molecule has 0 spiro atoms. The maximum atomic E-state index is 13.5. The number of nitrogens with zero attached hydrogens (tertiary/aromatic N) is 3. The molecule has 1 saturated heterocycles. The molecule has 5 atom stereocenters. The number of hydrogen-bond donors (Lipinski definition) is 0. The van der Waals surface area contributed by atoms with Gasteiger partial charge in [0.25, 0.3) is 5.56 Å². The first kappa shape index (κ1) is 24.5. The SMILES string of the molecule is CCOC(=O)c1nc2ccccc2n([C@@H](C)C[C@@H]2CCC[C@H](C)N2C2CC3CCCC(C3)C2)c1=O. The lowest BCUT2D eigenvalue weighted by molar-refractivity contribution is -0.0116. The van der Waals surface area contributed by atoms with Crippen molar-refractivity contribution in [3.63, 3.8) is 0 Å². The fourth-order valence-corrected chi connectivity index (χ4v) is 7.57. The van der Waals surface area contributed by atoms with E-state index in [2.05, 4.69) is 23.7 Å². The number of carbonyl (C=O) groups is 1. The van der Waals surface area contributed by atoms with Crippen molar-refractivity contribution in [1.82, 2.24) is 14.5 Å². The summed E-state index contributed by atoms with van der Waals surface area (Å²) in [5.41, 5.74) is 1.01. The summed E-state index contributed by atoms with van der Waals surface area (Å²) in [4.78, 5) is 33.4. The minimum Gasteiger partial charge on any atom is -0.461 e. The zero-order valence-electron chi connectivity index (χ0n) is 21.6. The lowest BCUT2D eigenvalue weighted by atomic mass is 9.69. The van der Waals surface area contributed by atoms with Crippen LogP contribution in [0, 0.1) is 11.8 Å². The Hall–Kier alpha value is -2.21. The highest BCUT2D eigenvalue weighted by atomic mass is 16.5. The van der Waals surface area contributed by atoms with Crippen LogP contribution < -0.4 is 5.56 Å². The number of likely N-dealkylation sites (tertiary alicyclic amines) is 1. The Kier molecular flexibility index (Phi) is 7.29. The highest BCUT2D eigenvalue weighted by molar-refractivity contribution is 5.89. The van der Waals surface area contributed by atoms with E-state index in [1.165, 1.54) is 57.8 Å². The first-order valence-corrected chi connectivity index (χ1v) is 13.9. The van der Waals surface area contributed by atoms with Gasteiger partial charge in [-0.25, -0.2) is 9.78 Å². The third-order valence-corrected chi connectivity index (χ3v) is 8.93. The molecule has 2 heterocycles. The fourth-order valence-electron chi connectivity index (χ4n) is 7.57. The van der Waals surface area contributed by atoms with Crippen LogP contribution in [0.2, 0.25) is 0 Å². The van der Waals surface area contributed by atoms with E-state index in [1.807, 2.05) is 28.8 Å². The zero-order chi connectivity index (χ0) is 24.5. The molecule has 0 N–H and O–H groups in total. The molecule has 1 aliphatic heterocycles. The summed E-state index contributed by atoms with van der Waals surface area (Å²) in [6.45, 7) is 6.52. The van der Waals surface area contributed by atoms with Crippen LogP contribution in [0.5, 0.6) is 0 Å². The number of rotatable bonds is 6. The van der Waals surface area contributed by atoms with Gasteiger partial charge < -0.3 is 9.30 Å². The monoisotopic (exact) mass is 479 g/mol. The van der Waals surface area contributed by atoms with Crippen molar-refractivity contribution in [3.8, 4) is 0 Å². The Labute approximate surface area is 209 Å². The van der Waals surface area contributed by atoms with Crippen LogP contribution in [0.3, 0.4) is 0 Å². The smallest absolute Gasteiger partial charge is 0.362 e. The third-order valence-electron chi connectivity index (χ3n) is 8.93. The van der Waals surface area contributed by atoms with Gasteiger partial charge in [-0.1, -0.05) is 37.8 Å². The molecule has 2 unspecified atom stereocenters. The molecule has 6 nitrogen and oxygen atoms in total. The predicted octanol–water partition coefficient (Wildman–Crippen LogP) is 5.74. The second-order valence-electron chi connectivity index (χ2n) is 11.3. The van der Waals surface area contributed by atoms with Gasteiger partial charge in [-0.05, 0) is 83.3 Å². The van der Waals surface area contributed by atoms with Crippen LogP contribution in [0.1, 0.15) is 102 Å². The second kappa shape index (κ2) is 10.4. The molecule has 5 rings (SSSR count). The Balaban J connectivity index is 1.45. The standard InChI is InChI=1S/C29H41N3O3/c1-4-35-29(34)27-28(33)32(26-14-6-5-13-25(26)30-27)20(3)15-23-12-7-9-19(2)31(23)24-17-21-10-8-11-22(16-21)18-24/h5-6,13-14,19-24H,4,7-12,15-18H2,1-3H3/t19-,20-,21?,22?,23-,24?/m0/s1. The number of ether oxygens (including phenoxy) is 1. The van der Waals surface area contributed by atoms with Crippen LogP contribution in [0.4, 0.5) is 0 Å². The van der Waals surface area contributed by atoms with Gasteiger partial charge in [0.15, 0.2) is 0 Å². The molecule has 2 saturated carbocycles. The van der Waals surface area contributed by atoms with Gasteiger partial charge in [0, 0.05) is 24.2 Å². The number of piperidine rings is 1. The number of carbonyl (C=O) groups excluding carboxylic acids is 1. The summed E-state index contributed by atoms with van der Waals surface area (Å²) in [5.74, 6) is 1.17. The van der Waals surface area contributed by atoms with Gasteiger partial charge in [0.05, 0.1) is 17.6 Å². The van der Waals surface area contributed by atoms with E-state index in [0.29, 0.717) is 23.6 Å². The molecule has 1 aromatic heterocycles. The Bertz CT molecular complexity index is 1100. The van der Waals surface area contributed by atoms with Gasteiger partial charge in [0.2, 0.25) is 5.69 Å². The molecular weight excluding hydrogens is 438 g/mol. The molecular formula is C29H41N3O3. The van der Waals surface area contributed by atoms with Crippen LogP contribution in [-0.2, 0) is 4.74 Å². The van der Waals surface area contributed by atoms with Gasteiger partial charge in [-0.3, -0.25) is 9.69 Å². The van der Waals surface area contributed by atoms with Crippen LogP contribution in [0.15, 0.2) is 29.1 Å². The minimum atomic E-state index is -0.633. The molecule has 2 bridgehead atoms. The van der Waals surface area contributed by atoms with Crippen molar-refractivity contribution >= 4 is 17.0 Å². The third kappa shape index (κ3) is 4.91. The first-order chi connectivity index (χ1) is 17.0. The lowest BCUT2D eigenvalue weighted by Gasteiger charge is -2.51. The molecule has 3 aliphatic rings. The summed E-state index contributed by atoms with van der Waals surface area (Å²) in [6.07, 6.45) is 13.0. The number of esters is 1. The highest BCUT2D eigenvalue weighted by Crippen LogP contribution is 2.44. The number of para-hydroxylation sites is 2. The average Bonchev–Trinajstić information content (AvgIpc) is 2.83.